The number of aryl methyl sites for hydroxylation is 1. The highest BCUT2D eigenvalue weighted by Gasteiger charge is 2.52. The van der Waals surface area contributed by atoms with E-state index >= 15 is 0 Å². The van der Waals surface area contributed by atoms with Crippen LogP contribution in [-0.4, -0.2) is 35.9 Å². The topological polar surface area (TPSA) is 116 Å². The Labute approximate surface area is 273 Å². The molecule has 3 unspecified atom stereocenters. The van der Waals surface area contributed by atoms with Gasteiger partial charge in [0.05, 0.1) is 21.9 Å². The summed E-state index contributed by atoms with van der Waals surface area (Å²) in [6, 6.07) is 22.7. The van der Waals surface area contributed by atoms with Crippen LogP contribution < -0.4 is 30.3 Å². The van der Waals surface area contributed by atoms with Crippen molar-refractivity contribution in [2.45, 2.75) is 69.5 Å². The molecule has 4 aliphatic rings. The molecule has 3 heterocycles. The van der Waals surface area contributed by atoms with E-state index in [1.807, 2.05) is 66.4 Å². The van der Waals surface area contributed by atoms with Crippen LogP contribution in [0.3, 0.4) is 0 Å². The average Bonchev–Trinajstić information content (AvgIpc) is 3.45. The Morgan fingerprint density at radius 1 is 1.04 bits per heavy atom. The van der Waals surface area contributed by atoms with Gasteiger partial charge in [0.2, 0.25) is 0 Å². The summed E-state index contributed by atoms with van der Waals surface area (Å²) in [6.07, 6.45) is 6.35. The Balaban J connectivity index is 1.06. The molecule has 3 amide bonds. The van der Waals surface area contributed by atoms with E-state index in [0.717, 1.165) is 61.2 Å². The van der Waals surface area contributed by atoms with Gasteiger partial charge in [-0.3, -0.25) is 9.69 Å². The lowest BCUT2D eigenvalue weighted by molar-refractivity contribution is -0.117. The van der Waals surface area contributed by atoms with Crippen LogP contribution >= 0.6 is 11.8 Å². The van der Waals surface area contributed by atoms with E-state index in [1.165, 1.54) is 6.42 Å². The minimum absolute atomic E-state index is 0.00367. The van der Waals surface area contributed by atoms with Gasteiger partial charge < -0.3 is 25.4 Å². The fourth-order valence-corrected chi connectivity index (χ4v) is 8.44. The molecule has 10 heteroatoms. The number of hydrogen-bond acceptors (Lipinski definition) is 7. The average molecular weight is 636 g/mol. The first-order chi connectivity index (χ1) is 22.5. The van der Waals surface area contributed by atoms with E-state index in [4.69, 9.17) is 9.47 Å². The van der Waals surface area contributed by atoms with Gasteiger partial charge >= 0.3 is 6.03 Å². The lowest BCUT2D eigenvalue weighted by Gasteiger charge is -2.46. The van der Waals surface area contributed by atoms with E-state index in [-0.39, 0.29) is 35.3 Å². The number of anilines is 1. The van der Waals surface area contributed by atoms with Crippen LogP contribution in [0, 0.1) is 24.2 Å². The summed E-state index contributed by atoms with van der Waals surface area (Å²) in [5.74, 6) is 1.81. The van der Waals surface area contributed by atoms with Crippen molar-refractivity contribution in [3.63, 3.8) is 0 Å². The number of nitrogens with zero attached hydrogens (tertiary/aromatic N) is 2. The van der Waals surface area contributed by atoms with Crippen LogP contribution in [-0.2, 0) is 11.4 Å². The second kappa shape index (κ2) is 13.1. The molecule has 3 aliphatic heterocycles. The second-order valence-electron chi connectivity index (χ2n) is 12.3. The standard InChI is InChI=1S/C36H37N5O4S/c1-22-18-27(45-26-12-7-8-23(19-26)21-44-30-13-6-5-9-24(30)20-37)14-15-28(22)41-29-16-17-38-35-31(29)32(40-36(41)43)33(46-35)34(42)39-25-10-3-2-4-11-25/h5-9,12-15,18-19,25,29,31,35,38H,2-4,10-11,16-17,21H2,1H3,(H,39,42)(H,40,43). The second-order valence-corrected chi connectivity index (χ2v) is 13.5. The molecule has 9 nitrogen and oxygen atoms in total. The number of carbonyl (C=O) groups is 2. The molecule has 7 rings (SSSR count). The molecule has 3 atom stereocenters. The van der Waals surface area contributed by atoms with Crippen LogP contribution in [0.4, 0.5) is 10.5 Å². The SMILES string of the molecule is Cc1cc(Oc2cccc(COc3ccccc3C#N)c2)ccc1N1C(=O)NC2=C(C(=O)NC3CCCCC3)SC3NCCC1C23. The van der Waals surface area contributed by atoms with Crippen LogP contribution in [0.25, 0.3) is 0 Å². The van der Waals surface area contributed by atoms with E-state index < -0.39 is 0 Å². The molecule has 3 aromatic carbocycles. The molecule has 3 aromatic rings. The highest BCUT2D eigenvalue weighted by Crippen LogP contribution is 2.48. The minimum Gasteiger partial charge on any atom is -0.488 e. The van der Waals surface area contributed by atoms with Gasteiger partial charge in [0.15, 0.2) is 0 Å². The number of thioether (sulfide) groups is 1. The number of rotatable bonds is 8. The molecule has 0 aromatic heterocycles. The van der Waals surface area contributed by atoms with Crippen molar-refractivity contribution >= 4 is 29.4 Å². The first-order valence-corrected chi connectivity index (χ1v) is 16.9. The third-order valence-electron chi connectivity index (χ3n) is 9.25. The van der Waals surface area contributed by atoms with Gasteiger partial charge in [-0.15, -0.1) is 0 Å². The zero-order chi connectivity index (χ0) is 31.6. The van der Waals surface area contributed by atoms with Crippen molar-refractivity contribution in [1.29, 1.82) is 5.26 Å². The quantitative estimate of drug-likeness (QED) is 0.260. The molecule has 236 valence electrons. The van der Waals surface area contributed by atoms with Gasteiger partial charge in [-0.2, -0.15) is 5.26 Å². The van der Waals surface area contributed by atoms with Gasteiger partial charge in [0, 0.05) is 23.3 Å². The van der Waals surface area contributed by atoms with E-state index in [0.29, 0.717) is 34.3 Å². The Morgan fingerprint density at radius 3 is 2.70 bits per heavy atom. The van der Waals surface area contributed by atoms with Crippen molar-refractivity contribution in [1.82, 2.24) is 16.0 Å². The number of piperidine rings is 1. The summed E-state index contributed by atoms with van der Waals surface area (Å²) in [7, 11) is 0. The van der Waals surface area contributed by atoms with Gasteiger partial charge in [-0.1, -0.05) is 55.3 Å². The first-order valence-electron chi connectivity index (χ1n) is 16.0. The highest BCUT2D eigenvalue weighted by molar-refractivity contribution is 8.04. The van der Waals surface area contributed by atoms with E-state index in [1.54, 1.807) is 23.9 Å². The lowest BCUT2D eigenvalue weighted by Crippen LogP contribution is -2.62. The maximum atomic E-state index is 13.7. The number of ether oxygens (including phenoxy) is 2. The van der Waals surface area contributed by atoms with Gasteiger partial charge in [-0.25, -0.2) is 4.79 Å². The van der Waals surface area contributed by atoms with Crippen molar-refractivity contribution in [3.05, 3.63) is 94.0 Å². The zero-order valence-corrected chi connectivity index (χ0v) is 26.6. The predicted octanol–water partition coefficient (Wildman–Crippen LogP) is 6.48. The van der Waals surface area contributed by atoms with Crippen LogP contribution in [0.1, 0.15) is 55.2 Å². The minimum atomic E-state index is -0.204. The van der Waals surface area contributed by atoms with Crippen molar-refractivity contribution < 1.29 is 19.1 Å². The monoisotopic (exact) mass is 635 g/mol. The first kappa shape index (κ1) is 30.2. The molecule has 0 bridgehead atoms. The maximum Gasteiger partial charge on any atom is 0.326 e. The molecule has 3 fully saturated rings. The molecule has 3 N–H and O–H groups in total. The summed E-state index contributed by atoms with van der Waals surface area (Å²) in [5.41, 5.74) is 3.92. The van der Waals surface area contributed by atoms with Gasteiger partial charge in [0.1, 0.15) is 29.9 Å². The largest absolute Gasteiger partial charge is 0.488 e. The summed E-state index contributed by atoms with van der Waals surface area (Å²) in [6.45, 7) is 3.06. The summed E-state index contributed by atoms with van der Waals surface area (Å²) >= 11 is 1.55. The molecule has 0 spiro atoms. The Kier molecular flexibility index (Phi) is 8.61. The molecule has 1 saturated carbocycles. The maximum absolute atomic E-state index is 13.7. The van der Waals surface area contributed by atoms with Crippen molar-refractivity contribution in [3.8, 4) is 23.3 Å². The van der Waals surface area contributed by atoms with Crippen molar-refractivity contribution in [2.24, 2.45) is 5.92 Å². The molecule has 0 radical (unpaired) electrons. The number of hydrogen-bond donors (Lipinski definition) is 3. The highest BCUT2D eigenvalue weighted by atomic mass is 32.2. The van der Waals surface area contributed by atoms with E-state index in [2.05, 4.69) is 22.0 Å². The number of urea groups is 1. The normalized spacial score (nSPS) is 22.5. The number of amides is 3. The number of nitriles is 1. The molecular weight excluding hydrogens is 598 g/mol. The third-order valence-corrected chi connectivity index (χ3v) is 10.6. The Bertz CT molecular complexity index is 1730. The molecule has 2 saturated heterocycles. The van der Waals surface area contributed by atoms with Gasteiger partial charge in [0.25, 0.3) is 5.91 Å². The van der Waals surface area contributed by atoms with E-state index in [9.17, 15) is 14.9 Å². The Morgan fingerprint density at radius 2 is 1.87 bits per heavy atom. The van der Waals surface area contributed by atoms with Gasteiger partial charge in [-0.05, 0) is 86.3 Å². The number of nitrogens with one attached hydrogen (secondary N) is 3. The smallest absolute Gasteiger partial charge is 0.326 e. The fraction of sp³-hybridized carbons (Fsp3) is 0.361. The third kappa shape index (κ3) is 6.05. The summed E-state index contributed by atoms with van der Waals surface area (Å²) in [5, 5.41) is 19.3. The summed E-state index contributed by atoms with van der Waals surface area (Å²) in [4.78, 5) is 29.6. The summed E-state index contributed by atoms with van der Waals surface area (Å²) < 4.78 is 12.1. The van der Waals surface area contributed by atoms with Crippen molar-refractivity contribution in [2.75, 3.05) is 11.4 Å². The number of carbonyl (C=O) groups excluding carboxylic acids is 2. The zero-order valence-electron chi connectivity index (χ0n) is 25.8. The Hall–Kier alpha value is -4.46. The number of para-hydroxylation sites is 1. The molecular formula is C36H37N5O4S. The lowest BCUT2D eigenvalue weighted by atomic mass is 9.86. The fourth-order valence-electron chi connectivity index (χ4n) is 7.04. The number of benzene rings is 3. The predicted molar refractivity (Wildman–Crippen MR) is 178 cm³/mol. The van der Waals surface area contributed by atoms with Crippen LogP contribution in [0.2, 0.25) is 0 Å². The molecule has 46 heavy (non-hydrogen) atoms. The van der Waals surface area contributed by atoms with Crippen LogP contribution in [0.5, 0.6) is 17.2 Å². The molecule has 1 aliphatic carbocycles. The van der Waals surface area contributed by atoms with Crippen LogP contribution in [0.15, 0.2) is 77.3 Å².